The summed E-state index contributed by atoms with van der Waals surface area (Å²) < 4.78 is 6.00. The van der Waals surface area contributed by atoms with Crippen LogP contribution in [0.3, 0.4) is 0 Å². The Morgan fingerprint density at radius 3 is 2.64 bits per heavy atom. The Bertz CT molecular complexity index is 690. The van der Waals surface area contributed by atoms with Crippen LogP contribution in [0, 0.1) is 0 Å². The number of likely N-dealkylation sites (tertiary alicyclic amines) is 1. The van der Waals surface area contributed by atoms with Crippen molar-refractivity contribution in [3.63, 3.8) is 0 Å². The highest BCUT2D eigenvalue weighted by atomic mass is 16.5. The molecule has 1 spiro atoms. The minimum absolute atomic E-state index is 0.0295. The third kappa shape index (κ3) is 5.06. The van der Waals surface area contributed by atoms with Crippen LogP contribution in [0.1, 0.15) is 38.2 Å². The van der Waals surface area contributed by atoms with Gasteiger partial charge in [-0.3, -0.25) is 19.5 Å². The molecule has 0 aromatic carbocycles. The van der Waals surface area contributed by atoms with E-state index in [1.54, 1.807) is 12.4 Å². The molecule has 154 valence electrons. The van der Waals surface area contributed by atoms with Crippen molar-refractivity contribution in [2.24, 2.45) is 0 Å². The maximum Gasteiger partial charge on any atom is 0.317 e. The second-order valence-corrected chi connectivity index (χ2v) is 8.18. The summed E-state index contributed by atoms with van der Waals surface area (Å²) in [6.45, 7) is 3.33. The normalized spacial score (nSPS) is 27.4. The predicted molar refractivity (Wildman–Crippen MR) is 102 cm³/mol. The molecule has 2 aliphatic heterocycles. The van der Waals surface area contributed by atoms with Gasteiger partial charge in [0, 0.05) is 38.3 Å². The van der Waals surface area contributed by atoms with Crippen LogP contribution in [0.5, 0.6) is 0 Å². The second-order valence-electron chi connectivity index (χ2n) is 8.18. The number of nitrogens with one attached hydrogen (secondary N) is 1. The predicted octanol–water partition coefficient (Wildman–Crippen LogP) is 0.590. The van der Waals surface area contributed by atoms with Crippen LogP contribution in [0.4, 0.5) is 0 Å². The first-order chi connectivity index (χ1) is 13.3. The van der Waals surface area contributed by atoms with Crippen molar-refractivity contribution in [1.29, 1.82) is 0 Å². The second kappa shape index (κ2) is 8.55. The van der Waals surface area contributed by atoms with Gasteiger partial charge in [0.15, 0.2) is 0 Å². The van der Waals surface area contributed by atoms with Crippen molar-refractivity contribution < 1.29 is 24.5 Å². The van der Waals surface area contributed by atoms with Gasteiger partial charge in [-0.05, 0) is 43.9 Å². The maximum absolute atomic E-state index is 12.5. The first-order valence-corrected chi connectivity index (χ1v) is 9.76. The van der Waals surface area contributed by atoms with Gasteiger partial charge in [0.05, 0.1) is 24.3 Å². The number of hydrogen-bond donors (Lipinski definition) is 3. The van der Waals surface area contributed by atoms with E-state index in [9.17, 15) is 14.7 Å². The number of aromatic nitrogens is 1. The van der Waals surface area contributed by atoms with E-state index in [0.29, 0.717) is 45.2 Å². The van der Waals surface area contributed by atoms with Gasteiger partial charge in [-0.2, -0.15) is 0 Å². The van der Waals surface area contributed by atoms with Crippen LogP contribution < -0.4 is 5.32 Å². The highest BCUT2D eigenvalue weighted by Gasteiger charge is 2.50. The van der Waals surface area contributed by atoms with E-state index in [2.05, 4.69) is 10.3 Å². The molecule has 0 bridgehead atoms. The number of carbonyl (C=O) groups is 2. The van der Waals surface area contributed by atoms with Gasteiger partial charge in [-0.1, -0.05) is 0 Å². The summed E-state index contributed by atoms with van der Waals surface area (Å²) >= 11 is 0. The van der Waals surface area contributed by atoms with Crippen LogP contribution in [0.2, 0.25) is 0 Å². The third-order valence-electron chi connectivity index (χ3n) is 5.91. The largest absolute Gasteiger partial charge is 0.480 e. The molecule has 2 aliphatic rings. The number of rotatable bonds is 6. The van der Waals surface area contributed by atoms with Crippen molar-refractivity contribution in [3.8, 4) is 0 Å². The number of piperidine rings is 1. The molecule has 1 aromatic heterocycles. The third-order valence-corrected chi connectivity index (χ3v) is 5.91. The molecule has 0 saturated carbocycles. The van der Waals surface area contributed by atoms with Gasteiger partial charge >= 0.3 is 5.97 Å². The first kappa shape index (κ1) is 20.7. The summed E-state index contributed by atoms with van der Waals surface area (Å²) in [5.41, 5.74) is -0.144. The summed E-state index contributed by atoms with van der Waals surface area (Å²) in [7, 11) is 0. The number of aliphatic carboxylic acids is 1. The van der Waals surface area contributed by atoms with E-state index < -0.39 is 23.2 Å². The minimum atomic E-state index is -0.831. The smallest absolute Gasteiger partial charge is 0.317 e. The molecule has 0 radical (unpaired) electrons. The molecule has 2 fully saturated rings. The Balaban J connectivity index is 1.57. The zero-order valence-electron chi connectivity index (χ0n) is 16.3. The number of nitrogens with zero attached hydrogens (tertiary/aromatic N) is 2. The fourth-order valence-electron chi connectivity index (χ4n) is 4.22. The number of aliphatic hydroxyl groups is 1. The van der Waals surface area contributed by atoms with Crippen molar-refractivity contribution in [1.82, 2.24) is 15.2 Å². The molecular formula is C20H29N3O5. The average molecular weight is 391 g/mol. The number of hydrogen-bond acceptors (Lipinski definition) is 6. The van der Waals surface area contributed by atoms with E-state index in [1.807, 2.05) is 24.0 Å². The van der Waals surface area contributed by atoms with Crippen molar-refractivity contribution >= 4 is 11.9 Å². The topological polar surface area (TPSA) is 112 Å². The standard InChI is InChI=1S/C20H29N3O5/c1-19(22-17(25)3-2-15-4-8-21-9-5-15)14-20(28-13-16(19)24)6-10-23(11-7-20)12-18(26)27/h4-5,8-9,16,24H,2-3,6-7,10-14H2,1H3,(H,22,25)(H,26,27)/t16-,19-/m1/s1. The van der Waals surface area contributed by atoms with Crippen molar-refractivity contribution in [2.45, 2.75) is 56.3 Å². The number of pyridine rings is 1. The number of carbonyl (C=O) groups excluding carboxylic acids is 1. The van der Waals surface area contributed by atoms with Gasteiger partial charge < -0.3 is 20.3 Å². The van der Waals surface area contributed by atoms with Gasteiger partial charge in [-0.15, -0.1) is 0 Å². The van der Waals surface area contributed by atoms with Crippen LogP contribution in [0.25, 0.3) is 0 Å². The molecule has 1 amide bonds. The van der Waals surface area contributed by atoms with E-state index in [1.165, 1.54) is 0 Å². The molecule has 0 unspecified atom stereocenters. The van der Waals surface area contributed by atoms with Crippen LogP contribution in [-0.2, 0) is 20.7 Å². The lowest BCUT2D eigenvalue weighted by molar-refractivity contribution is -0.182. The molecule has 1 aromatic rings. The molecule has 28 heavy (non-hydrogen) atoms. The number of aliphatic hydroxyl groups excluding tert-OH is 1. The molecule has 3 heterocycles. The quantitative estimate of drug-likeness (QED) is 0.651. The average Bonchev–Trinajstić information content (AvgIpc) is 2.66. The highest BCUT2D eigenvalue weighted by molar-refractivity contribution is 5.77. The Kier molecular flexibility index (Phi) is 6.32. The fraction of sp³-hybridized carbons (Fsp3) is 0.650. The highest BCUT2D eigenvalue weighted by Crippen LogP contribution is 2.39. The number of carboxylic acid groups (broad SMARTS) is 1. The summed E-state index contributed by atoms with van der Waals surface area (Å²) in [5.74, 6) is -0.930. The lowest BCUT2D eigenvalue weighted by atomic mass is 9.74. The molecule has 8 heteroatoms. The Hall–Kier alpha value is -2.03. The van der Waals surface area contributed by atoms with E-state index in [-0.39, 0.29) is 19.1 Å². The van der Waals surface area contributed by atoms with Gasteiger partial charge in [-0.25, -0.2) is 0 Å². The molecule has 0 aliphatic carbocycles. The first-order valence-electron chi connectivity index (χ1n) is 9.76. The maximum atomic E-state index is 12.5. The molecule has 3 rings (SSSR count). The fourth-order valence-corrected chi connectivity index (χ4v) is 4.22. The molecule has 3 N–H and O–H groups in total. The summed E-state index contributed by atoms with van der Waals surface area (Å²) in [5, 5.41) is 22.5. The van der Waals surface area contributed by atoms with Gasteiger partial charge in [0.2, 0.25) is 5.91 Å². The zero-order valence-corrected chi connectivity index (χ0v) is 16.3. The molecule has 2 atom stereocenters. The number of carboxylic acids is 1. The lowest BCUT2D eigenvalue weighted by Gasteiger charge is -2.51. The summed E-state index contributed by atoms with van der Waals surface area (Å²) in [4.78, 5) is 29.3. The van der Waals surface area contributed by atoms with Crippen molar-refractivity contribution in [3.05, 3.63) is 30.1 Å². The zero-order chi connectivity index (χ0) is 20.2. The van der Waals surface area contributed by atoms with Gasteiger partial charge in [0.1, 0.15) is 6.10 Å². The van der Waals surface area contributed by atoms with Crippen LogP contribution in [0.15, 0.2) is 24.5 Å². The Labute approximate surface area is 164 Å². The van der Waals surface area contributed by atoms with E-state index in [0.717, 1.165) is 5.56 Å². The van der Waals surface area contributed by atoms with E-state index >= 15 is 0 Å². The Morgan fingerprint density at radius 1 is 1.32 bits per heavy atom. The molecule has 2 saturated heterocycles. The number of aryl methyl sites for hydroxylation is 1. The van der Waals surface area contributed by atoms with Crippen molar-refractivity contribution in [2.75, 3.05) is 26.2 Å². The molecular weight excluding hydrogens is 362 g/mol. The van der Waals surface area contributed by atoms with E-state index in [4.69, 9.17) is 9.84 Å². The Morgan fingerprint density at radius 2 is 2.00 bits per heavy atom. The summed E-state index contributed by atoms with van der Waals surface area (Å²) in [6, 6.07) is 3.77. The van der Waals surface area contributed by atoms with Crippen LogP contribution >= 0.6 is 0 Å². The lowest BCUT2D eigenvalue weighted by Crippen LogP contribution is -2.65. The summed E-state index contributed by atoms with van der Waals surface area (Å²) in [6.07, 6.45) is 5.49. The minimum Gasteiger partial charge on any atom is -0.480 e. The van der Waals surface area contributed by atoms with Gasteiger partial charge in [0.25, 0.3) is 0 Å². The molecule has 8 nitrogen and oxygen atoms in total. The number of ether oxygens (including phenoxy) is 1. The SMILES string of the molecule is C[C@@]1(NC(=O)CCc2ccncc2)CC2(CCN(CC(=O)O)CC2)OC[C@H]1O. The van der Waals surface area contributed by atoms with Crippen LogP contribution in [-0.4, -0.2) is 75.5 Å². The monoisotopic (exact) mass is 391 g/mol. The number of amides is 1.